The van der Waals surface area contributed by atoms with Gasteiger partial charge in [-0.2, -0.15) is 0 Å². The van der Waals surface area contributed by atoms with Gasteiger partial charge in [-0.15, -0.1) is 13.2 Å². The van der Waals surface area contributed by atoms with Gasteiger partial charge >= 0.3 is 6.36 Å². The number of rotatable bonds is 5. The number of alkyl halides is 3. The Labute approximate surface area is 150 Å². The number of carbonyl (C=O) groups is 1. The van der Waals surface area contributed by atoms with Crippen LogP contribution in [0.3, 0.4) is 0 Å². The Hall–Kier alpha value is -2.41. The molecule has 0 aliphatic carbocycles. The van der Waals surface area contributed by atoms with Crippen LogP contribution in [0, 0.1) is 0 Å². The summed E-state index contributed by atoms with van der Waals surface area (Å²) in [6.07, 6.45) is -4.26. The summed E-state index contributed by atoms with van der Waals surface area (Å²) in [5, 5.41) is 12.1. The molecule has 1 amide bonds. The van der Waals surface area contributed by atoms with Crippen molar-refractivity contribution in [3.05, 3.63) is 28.3 Å². The second-order valence-electron chi connectivity index (χ2n) is 5.10. The minimum Gasteiger partial charge on any atom is -0.405 e. The van der Waals surface area contributed by atoms with Crippen molar-refractivity contribution in [1.29, 1.82) is 0 Å². The second-order valence-corrected chi connectivity index (χ2v) is 7.62. The number of benzene rings is 1. The fraction of sp³-hybridized carbons (Fsp3) is 0.333. The highest BCUT2D eigenvalue weighted by molar-refractivity contribution is 7.89. The first-order valence-electron chi connectivity index (χ1n) is 6.66. The maximum atomic E-state index is 12.5. The lowest BCUT2D eigenvalue weighted by atomic mass is 10.1. The van der Waals surface area contributed by atoms with E-state index < -0.39 is 44.2 Å². The zero-order valence-corrected chi connectivity index (χ0v) is 14.8. The fourth-order valence-corrected chi connectivity index (χ4v) is 3.10. The van der Waals surface area contributed by atoms with Gasteiger partial charge in [0, 0.05) is 18.9 Å². The molecule has 0 bridgehead atoms. The maximum absolute atomic E-state index is 12.5. The van der Waals surface area contributed by atoms with Crippen molar-refractivity contribution < 1.29 is 31.1 Å². The lowest BCUT2D eigenvalue weighted by Crippen LogP contribution is -2.20. The summed E-state index contributed by atoms with van der Waals surface area (Å²) in [4.78, 5) is 12.3. The molecule has 142 valence electrons. The van der Waals surface area contributed by atoms with Crippen molar-refractivity contribution in [2.45, 2.75) is 12.1 Å². The number of amides is 1. The first kappa shape index (κ1) is 19.9. The molecule has 0 spiro atoms. The summed E-state index contributed by atoms with van der Waals surface area (Å²) < 4.78 is 65.6. The summed E-state index contributed by atoms with van der Waals surface area (Å²) in [7, 11) is -2.34. The molecule has 0 saturated carbocycles. The number of hydrogen-bond donors (Lipinski definition) is 1. The van der Waals surface area contributed by atoms with Crippen LogP contribution in [0.5, 0.6) is 5.75 Å². The van der Waals surface area contributed by atoms with Crippen LogP contribution in [0.4, 0.5) is 19.1 Å². The zero-order chi connectivity index (χ0) is 19.7. The van der Waals surface area contributed by atoms with Crippen molar-refractivity contribution in [1.82, 2.24) is 20.2 Å². The van der Waals surface area contributed by atoms with Gasteiger partial charge < -0.3 is 4.74 Å². The Morgan fingerprint density at radius 2 is 2.04 bits per heavy atom. The van der Waals surface area contributed by atoms with Crippen LogP contribution in [-0.2, 0) is 22.6 Å². The van der Waals surface area contributed by atoms with E-state index in [4.69, 9.17) is 11.6 Å². The third-order valence-electron chi connectivity index (χ3n) is 2.92. The smallest absolute Gasteiger partial charge is 0.405 e. The molecule has 26 heavy (non-hydrogen) atoms. The molecule has 2 rings (SSSR count). The van der Waals surface area contributed by atoms with E-state index in [0.29, 0.717) is 0 Å². The number of carbonyl (C=O) groups excluding carboxylic acids is 1. The van der Waals surface area contributed by atoms with Gasteiger partial charge in [0.05, 0.1) is 16.3 Å². The molecule has 1 N–H and O–H groups in total. The zero-order valence-electron chi connectivity index (χ0n) is 13.2. The summed E-state index contributed by atoms with van der Waals surface area (Å²) in [5.74, 6) is -2.57. The number of aromatic nitrogens is 4. The van der Waals surface area contributed by atoms with Gasteiger partial charge in [0.25, 0.3) is 5.91 Å². The van der Waals surface area contributed by atoms with Crippen LogP contribution in [0.15, 0.2) is 12.1 Å². The average Bonchev–Trinajstić information content (AvgIpc) is 2.85. The van der Waals surface area contributed by atoms with E-state index in [1.807, 2.05) is 0 Å². The highest BCUT2D eigenvalue weighted by Gasteiger charge is 2.33. The lowest BCUT2D eigenvalue weighted by Gasteiger charge is -2.16. The van der Waals surface area contributed by atoms with Gasteiger partial charge in [-0.25, -0.2) is 13.1 Å². The molecule has 0 aliphatic rings. The molecule has 0 atom stereocenters. The number of nitrogens with one attached hydrogen (secondary N) is 1. The molecule has 0 fully saturated rings. The molecule has 9 nitrogen and oxygen atoms in total. The van der Waals surface area contributed by atoms with Crippen molar-refractivity contribution in [2.24, 2.45) is 7.05 Å². The lowest BCUT2D eigenvalue weighted by molar-refractivity contribution is -0.274. The summed E-state index contributed by atoms with van der Waals surface area (Å²) >= 11 is 5.99. The van der Waals surface area contributed by atoms with E-state index in [2.05, 4.69) is 25.6 Å². The van der Waals surface area contributed by atoms with Gasteiger partial charge in [0.1, 0.15) is 5.75 Å². The standard InChI is InChI=1S/C12H11ClF3N5O4S/c1-21-11(18-19-20-21)17-10(22)6-3-4-8(25-12(14,15)16)7(9(6)13)5-26(2,23)24/h3-4H,5H2,1-2H3,(H,17,18,20,22). The number of nitrogens with zero attached hydrogens (tertiary/aromatic N) is 4. The van der Waals surface area contributed by atoms with Crippen LogP contribution in [0.25, 0.3) is 0 Å². The van der Waals surface area contributed by atoms with Gasteiger partial charge in [-0.05, 0) is 22.6 Å². The van der Waals surface area contributed by atoms with Gasteiger partial charge in [-0.1, -0.05) is 16.7 Å². The number of aryl methyl sites for hydroxylation is 1. The summed E-state index contributed by atoms with van der Waals surface area (Å²) in [5.41, 5.74) is -0.766. The number of halogens is 4. The molecule has 1 heterocycles. The average molecular weight is 414 g/mol. The first-order chi connectivity index (χ1) is 11.9. The molecule has 0 aliphatic heterocycles. The molecule has 0 unspecified atom stereocenters. The predicted octanol–water partition coefficient (Wildman–Crippen LogP) is 1.56. The van der Waals surface area contributed by atoms with E-state index in [1.165, 1.54) is 7.05 Å². The van der Waals surface area contributed by atoms with E-state index in [0.717, 1.165) is 23.1 Å². The monoisotopic (exact) mass is 413 g/mol. The Morgan fingerprint density at radius 1 is 1.38 bits per heavy atom. The first-order valence-corrected chi connectivity index (χ1v) is 9.10. The number of anilines is 1. The molecule has 2 aromatic rings. The van der Waals surface area contributed by atoms with Crippen molar-refractivity contribution in [2.75, 3.05) is 11.6 Å². The van der Waals surface area contributed by atoms with Crippen LogP contribution >= 0.6 is 11.6 Å². The molecular formula is C12H11ClF3N5O4S. The molecular weight excluding hydrogens is 403 g/mol. The largest absolute Gasteiger partial charge is 0.573 e. The number of tetrazole rings is 1. The van der Waals surface area contributed by atoms with Gasteiger partial charge in [0.15, 0.2) is 9.84 Å². The van der Waals surface area contributed by atoms with E-state index in [-0.39, 0.29) is 11.5 Å². The normalized spacial score (nSPS) is 12.1. The van der Waals surface area contributed by atoms with E-state index >= 15 is 0 Å². The fourth-order valence-electron chi connectivity index (χ4n) is 1.90. The second kappa shape index (κ2) is 7.07. The molecule has 14 heteroatoms. The Bertz CT molecular complexity index is 945. The highest BCUT2D eigenvalue weighted by atomic mass is 35.5. The predicted molar refractivity (Wildman–Crippen MR) is 83.4 cm³/mol. The van der Waals surface area contributed by atoms with Gasteiger partial charge in [0.2, 0.25) is 5.95 Å². The quantitative estimate of drug-likeness (QED) is 0.790. The number of hydrogen-bond acceptors (Lipinski definition) is 7. The van der Waals surface area contributed by atoms with Crippen LogP contribution in [0.1, 0.15) is 15.9 Å². The van der Waals surface area contributed by atoms with Crippen LogP contribution < -0.4 is 10.1 Å². The Morgan fingerprint density at radius 3 is 2.54 bits per heavy atom. The van der Waals surface area contributed by atoms with Gasteiger partial charge in [-0.3, -0.25) is 10.1 Å². The summed E-state index contributed by atoms with van der Waals surface area (Å²) in [6, 6.07) is 1.78. The topological polar surface area (TPSA) is 116 Å². The number of sulfone groups is 1. The van der Waals surface area contributed by atoms with Crippen molar-refractivity contribution in [3.63, 3.8) is 0 Å². The van der Waals surface area contributed by atoms with Crippen LogP contribution in [0.2, 0.25) is 5.02 Å². The molecule has 1 aromatic carbocycles. The third kappa shape index (κ3) is 5.05. The number of ether oxygens (including phenoxy) is 1. The van der Waals surface area contributed by atoms with Crippen molar-refractivity contribution in [3.8, 4) is 5.75 Å². The molecule has 0 saturated heterocycles. The minimum absolute atomic E-state index is 0.0497. The third-order valence-corrected chi connectivity index (χ3v) is 4.17. The Balaban J connectivity index is 2.46. The highest BCUT2D eigenvalue weighted by Crippen LogP contribution is 2.35. The van der Waals surface area contributed by atoms with Crippen molar-refractivity contribution >= 4 is 33.3 Å². The van der Waals surface area contributed by atoms with E-state index in [9.17, 15) is 26.4 Å². The SMILES string of the molecule is Cn1nnnc1NC(=O)c1ccc(OC(F)(F)F)c(CS(C)(=O)=O)c1Cl. The molecule has 1 aromatic heterocycles. The summed E-state index contributed by atoms with van der Waals surface area (Å²) in [6.45, 7) is 0. The Kier molecular flexibility index (Phi) is 5.41. The van der Waals surface area contributed by atoms with Crippen LogP contribution in [-0.4, -0.2) is 47.2 Å². The maximum Gasteiger partial charge on any atom is 0.573 e. The molecule has 0 radical (unpaired) electrons. The minimum atomic E-state index is -5.07. The van der Waals surface area contributed by atoms with E-state index in [1.54, 1.807) is 0 Å².